The fourth-order valence-electron chi connectivity index (χ4n) is 3.02. The van der Waals surface area contributed by atoms with Crippen LogP contribution in [0.25, 0.3) is 0 Å². The number of ether oxygens (including phenoxy) is 1. The average Bonchev–Trinajstić information content (AvgIpc) is 2.39. The van der Waals surface area contributed by atoms with E-state index in [1.54, 1.807) is 11.8 Å². The Morgan fingerprint density at radius 1 is 1.14 bits per heavy atom. The predicted molar refractivity (Wildman–Crippen MR) is 88.0 cm³/mol. The van der Waals surface area contributed by atoms with Crippen molar-refractivity contribution in [1.29, 1.82) is 0 Å². The number of carbonyl (C=O) groups excluding carboxylic acids is 1. The fraction of sp³-hybridized carbons (Fsp3) is 0.929. The predicted octanol–water partition coefficient (Wildman–Crippen LogP) is 1.38. The molecule has 0 radical (unpaired) electrons. The minimum Gasteiger partial charge on any atom is -0.468 e. The van der Waals surface area contributed by atoms with Crippen LogP contribution in [0, 0.1) is 0 Å². The van der Waals surface area contributed by atoms with E-state index in [0.717, 1.165) is 31.4 Å². The van der Waals surface area contributed by atoms with Gasteiger partial charge in [0, 0.05) is 25.7 Å². The lowest BCUT2D eigenvalue weighted by Crippen LogP contribution is -2.61. The summed E-state index contributed by atoms with van der Waals surface area (Å²) in [6, 6.07) is 0.730. The molecule has 3 fully saturated rings. The maximum atomic E-state index is 11.2. The van der Waals surface area contributed by atoms with Crippen molar-refractivity contribution in [2.75, 3.05) is 38.2 Å². The molecule has 3 heterocycles. The van der Waals surface area contributed by atoms with Crippen LogP contribution in [-0.2, 0) is 22.8 Å². The molecule has 0 unspecified atom stereocenters. The van der Waals surface area contributed by atoms with Crippen molar-refractivity contribution in [1.82, 2.24) is 4.90 Å². The normalized spacial score (nSPS) is 38.9. The molecule has 3 aliphatic rings. The van der Waals surface area contributed by atoms with Gasteiger partial charge in [-0.2, -0.15) is 11.8 Å². The molecule has 22 heavy (non-hydrogen) atoms. The van der Waals surface area contributed by atoms with Gasteiger partial charge in [0.2, 0.25) is 0 Å². The first kappa shape index (κ1) is 18.2. The van der Waals surface area contributed by atoms with Crippen molar-refractivity contribution in [3.8, 4) is 0 Å². The molecular formula is C14H27NO5SSi. The lowest BCUT2D eigenvalue weighted by molar-refractivity contribution is -0.137. The van der Waals surface area contributed by atoms with E-state index in [1.165, 1.54) is 7.11 Å². The highest BCUT2D eigenvalue weighted by Crippen LogP contribution is 2.29. The third-order valence-electron chi connectivity index (χ3n) is 3.69. The summed E-state index contributed by atoms with van der Waals surface area (Å²) < 4.78 is 23.4. The summed E-state index contributed by atoms with van der Waals surface area (Å²) in [7, 11) is -1.29. The average molecular weight is 350 g/mol. The van der Waals surface area contributed by atoms with E-state index in [2.05, 4.69) is 30.4 Å². The van der Waals surface area contributed by atoms with E-state index in [0.29, 0.717) is 5.75 Å². The van der Waals surface area contributed by atoms with Gasteiger partial charge in [-0.3, -0.25) is 9.69 Å². The molecule has 0 aromatic carbocycles. The van der Waals surface area contributed by atoms with E-state index in [1.807, 2.05) is 0 Å². The lowest BCUT2D eigenvalue weighted by Gasteiger charge is -2.45. The molecule has 0 spiro atoms. The minimum absolute atomic E-state index is 0.109. The fourth-order valence-corrected chi connectivity index (χ4v) is 7.61. The molecule has 3 rings (SSSR count). The summed E-state index contributed by atoms with van der Waals surface area (Å²) in [6.45, 7) is 9.00. The maximum Gasteiger partial charge on any atom is 0.502 e. The molecule has 8 heteroatoms. The van der Waals surface area contributed by atoms with Crippen molar-refractivity contribution in [3.05, 3.63) is 0 Å². The first-order chi connectivity index (χ1) is 10.4. The largest absolute Gasteiger partial charge is 0.502 e. The summed E-state index contributed by atoms with van der Waals surface area (Å²) in [5.74, 6) is 0.931. The van der Waals surface area contributed by atoms with Crippen LogP contribution in [0.2, 0.25) is 6.04 Å². The molecule has 0 saturated carbocycles. The molecule has 3 atom stereocenters. The molecule has 0 aliphatic carbocycles. The highest BCUT2D eigenvalue weighted by molar-refractivity contribution is 8.00. The number of hydrogen-bond acceptors (Lipinski definition) is 7. The zero-order chi connectivity index (χ0) is 16.2. The van der Waals surface area contributed by atoms with Gasteiger partial charge in [0.05, 0.1) is 31.2 Å². The Morgan fingerprint density at radius 2 is 1.64 bits per heavy atom. The van der Waals surface area contributed by atoms with Crippen molar-refractivity contribution >= 4 is 26.5 Å². The number of hydrogen-bond donors (Lipinski definition) is 0. The van der Waals surface area contributed by atoms with Gasteiger partial charge in [-0.25, -0.2) is 0 Å². The van der Waals surface area contributed by atoms with Gasteiger partial charge in [0.1, 0.15) is 0 Å². The Labute approximate surface area is 138 Å². The van der Waals surface area contributed by atoms with Gasteiger partial charge in [0.15, 0.2) is 0 Å². The van der Waals surface area contributed by atoms with Crippen molar-refractivity contribution in [2.45, 2.75) is 45.1 Å². The van der Waals surface area contributed by atoms with Gasteiger partial charge in [-0.1, -0.05) is 0 Å². The second kappa shape index (κ2) is 8.12. The molecule has 128 valence electrons. The number of fused-ring (bicyclic) bond motifs is 6. The number of methoxy groups -OCH3 is 1. The zero-order valence-electron chi connectivity index (χ0n) is 13.9. The van der Waals surface area contributed by atoms with E-state index in [4.69, 9.17) is 13.3 Å². The van der Waals surface area contributed by atoms with Gasteiger partial charge in [-0.15, -0.1) is 0 Å². The second-order valence-electron chi connectivity index (χ2n) is 6.07. The van der Waals surface area contributed by atoms with E-state index in [-0.39, 0.29) is 24.3 Å². The van der Waals surface area contributed by atoms with Gasteiger partial charge >= 0.3 is 14.8 Å². The van der Waals surface area contributed by atoms with E-state index < -0.39 is 8.80 Å². The van der Waals surface area contributed by atoms with Crippen LogP contribution in [-0.4, -0.2) is 76.2 Å². The number of carbonyl (C=O) groups is 1. The Bertz CT molecular complexity index is 350. The van der Waals surface area contributed by atoms with E-state index in [9.17, 15) is 4.79 Å². The monoisotopic (exact) mass is 349 g/mol. The molecule has 0 aromatic rings. The molecule has 0 amide bonds. The summed E-state index contributed by atoms with van der Waals surface area (Å²) in [4.78, 5) is 13.6. The third-order valence-corrected chi connectivity index (χ3v) is 8.13. The number of nitrogens with zero attached hydrogens (tertiary/aromatic N) is 1. The van der Waals surface area contributed by atoms with Crippen molar-refractivity contribution in [3.63, 3.8) is 0 Å². The Hall–Kier alpha value is -0.123. The SMILES string of the molecule is COC(=O)CSCC[Si]12O[C@@H](C)CN(C[C@H](C)O1)C[C@H](C)O2. The summed E-state index contributed by atoms with van der Waals surface area (Å²) in [5, 5.41) is 0. The van der Waals surface area contributed by atoms with Gasteiger partial charge < -0.3 is 18.0 Å². The molecule has 3 aliphatic heterocycles. The Morgan fingerprint density at radius 3 is 2.09 bits per heavy atom. The van der Waals surface area contributed by atoms with Crippen LogP contribution < -0.4 is 0 Å². The molecule has 2 bridgehead atoms. The van der Waals surface area contributed by atoms with Crippen LogP contribution in [0.3, 0.4) is 0 Å². The quantitative estimate of drug-likeness (QED) is 0.422. The number of esters is 1. The Kier molecular flexibility index (Phi) is 6.72. The summed E-state index contributed by atoms with van der Waals surface area (Å²) >= 11 is 1.54. The maximum absolute atomic E-state index is 11.2. The van der Waals surface area contributed by atoms with Crippen molar-refractivity contribution in [2.24, 2.45) is 0 Å². The number of thioether (sulfide) groups is 1. The third kappa shape index (κ3) is 5.21. The smallest absolute Gasteiger partial charge is 0.468 e. The molecule has 0 aromatic heterocycles. The second-order valence-corrected chi connectivity index (χ2v) is 9.74. The lowest BCUT2D eigenvalue weighted by atomic mass is 10.2. The first-order valence-electron chi connectivity index (χ1n) is 7.83. The van der Waals surface area contributed by atoms with Crippen LogP contribution in [0.15, 0.2) is 0 Å². The first-order valence-corrected chi connectivity index (χ1v) is 10.9. The topological polar surface area (TPSA) is 57.2 Å². The Balaban J connectivity index is 1.99. The van der Waals surface area contributed by atoms with Gasteiger partial charge in [-0.05, 0) is 26.5 Å². The molecular weight excluding hydrogens is 322 g/mol. The van der Waals surface area contributed by atoms with Gasteiger partial charge in [0.25, 0.3) is 0 Å². The molecule has 0 N–H and O–H groups in total. The minimum atomic E-state index is -2.70. The van der Waals surface area contributed by atoms with Crippen LogP contribution in [0.4, 0.5) is 0 Å². The molecule has 3 saturated heterocycles. The van der Waals surface area contributed by atoms with Crippen LogP contribution >= 0.6 is 11.8 Å². The standard InChI is InChI=1S/C14H27NO5SSi/c1-11-7-15-8-12(2)19-22(18-11,20-13(3)9-15)6-5-21-10-14(16)17-4/h11-13H,5-10H2,1-4H3/t11-,12-,13-/m0/s1. The highest BCUT2D eigenvalue weighted by atomic mass is 32.2. The molecule has 6 nitrogen and oxygen atoms in total. The highest BCUT2D eigenvalue weighted by Gasteiger charge is 2.48. The summed E-state index contributed by atoms with van der Waals surface area (Å²) in [6.07, 6.45) is 0.326. The van der Waals surface area contributed by atoms with Crippen LogP contribution in [0.1, 0.15) is 20.8 Å². The zero-order valence-corrected chi connectivity index (χ0v) is 15.7. The van der Waals surface area contributed by atoms with Crippen LogP contribution in [0.5, 0.6) is 0 Å². The summed E-state index contributed by atoms with van der Waals surface area (Å²) in [5.41, 5.74) is 0. The number of rotatable bonds is 5. The van der Waals surface area contributed by atoms with E-state index >= 15 is 0 Å². The van der Waals surface area contributed by atoms with Crippen molar-refractivity contribution < 1.29 is 22.8 Å².